The van der Waals surface area contributed by atoms with Crippen LogP contribution in [0.5, 0.6) is 0 Å². The molecule has 2 aromatic rings. The minimum absolute atomic E-state index is 0.108. The molecule has 0 bridgehead atoms. The predicted molar refractivity (Wildman–Crippen MR) is 160 cm³/mol. The van der Waals surface area contributed by atoms with Crippen molar-refractivity contribution in [3.8, 4) is 0 Å². The number of nitrogens with one attached hydrogen (secondary N) is 3. The number of carbonyl (C=O) groups excluding carboxylic acids is 1. The van der Waals surface area contributed by atoms with E-state index in [9.17, 15) is 9.90 Å². The summed E-state index contributed by atoms with van der Waals surface area (Å²) < 4.78 is 0. The summed E-state index contributed by atoms with van der Waals surface area (Å²) in [6, 6.07) is 15.5. The van der Waals surface area contributed by atoms with Crippen molar-refractivity contribution < 1.29 is 9.90 Å². The van der Waals surface area contributed by atoms with E-state index < -0.39 is 0 Å². The van der Waals surface area contributed by atoms with Crippen molar-refractivity contribution >= 4 is 34.2 Å². The molecule has 4 N–H and O–H groups in total. The maximum atomic E-state index is 12.5. The number of likely N-dealkylation sites (N-methyl/N-ethyl adjacent to an activating group) is 2. The quantitative estimate of drug-likeness (QED) is 0.238. The number of allylic oxidation sites excluding steroid dienone is 2. The van der Waals surface area contributed by atoms with E-state index >= 15 is 0 Å². The molecule has 0 amide bonds. The van der Waals surface area contributed by atoms with Gasteiger partial charge in [0.15, 0.2) is 0 Å². The SMILES string of the molecule is CCN(CC)CCNc1ccc(N=C2C=C(Nc3ccc(NCCN(CC)CC)cc3)C(O)=CC2=O)cc1. The lowest BCUT2D eigenvalue weighted by atomic mass is 10.1. The van der Waals surface area contributed by atoms with Gasteiger partial charge >= 0.3 is 0 Å². The van der Waals surface area contributed by atoms with Crippen LogP contribution in [-0.4, -0.2) is 78.8 Å². The first-order valence-electron chi connectivity index (χ1n) is 13.6. The second kappa shape index (κ2) is 15.0. The van der Waals surface area contributed by atoms with Crippen molar-refractivity contribution in [1.82, 2.24) is 9.80 Å². The molecule has 204 valence electrons. The van der Waals surface area contributed by atoms with Crippen LogP contribution in [0.15, 0.2) is 77.1 Å². The lowest BCUT2D eigenvalue weighted by molar-refractivity contribution is -0.109. The summed E-state index contributed by atoms with van der Waals surface area (Å²) in [5, 5.41) is 20.4. The van der Waals surface area contributed by atoms with Crippen LogP contribution in [0.25, 0.3) is 0 Å². The lowest BCUT2D eigenvalue weighted by Crippen LogP contribution is -2.28. The summed E-state index contributed by atoms with van der Waals surface area (Å²) in [5.41, 5.74) is 4.22. The summed E-state index contributed by atoms with van der Waals surface area (Å²) in [6.07, 6.45) is 2.79. The second-order valence-electron chi connectivity index (χ2n) is 9.11. The summed E-state index contributed by atoms with van der Waals surface area (Å²) >= 11 is 0. The van der Waals surface area contributed by atoms with Crippen molar-refractivity contribution in [3.63, 3.8) is 0 Å². The van der Waals surface area contributed by atoms with E-state index in [1.165, 1.54) is 6.08 Å². The van der Waals surface area contributed by atoms with E-state index in [1.54, 1.807) is 6.08 Å². The highest BCUT2D eigenvalue weighted by Crippen LogP contribution is 2.22. The van der Waals surface area contributed by atoms with E-state index in [0.717, 1.165) is 69.4 Å². The van der Waals surface area contributed by atoms with Gasteiger partial charge in [-0.2, -0.15) is 0 Å². The maximum absolute atomic E-state index is 12.5. The molecule has 0 spiro atoms. The molecule has 38 heavy (non-hydrogen) atoms. The van der Waals surface area contributed by atoms with E-state index in [1.807, 2.05) is 48.5 Å². The Hall–Kier alpha value is -3.62. The molecule has 0 saturated heterocycles. The van der Waals surface area contributed by atoms with E-state index in [0.29, 0.717) is 11.4 Å². The van der Waals surface area contributed by atoms with Gasteiger partial charge in [0, 0.05) is 49.3 Å². The Morgan fingerprint density at radius 3 is 1.68 bits per heavy atom. The number of aliphatic hydroxyl groups is 1. The number of nitrogens with zero attached hydrogens (tertiary/aromatic N) is 3. The Balaban J connectivity index is 1.60. The van der Waals surface area contributed by atoms with Crippen LogP contribution < -0.4 is 16.0 Å². The number of carbonyl (C=O) groups is 1. The molecule has 1 aliphatic rings. The normalized spacial score (nSPS) is 14.6. The molecule has 3 rings (SSSR count). The van der Waals surface area contributed by atoms with Crippen LogP contribution in [0, 0.1) is 0 Å². The second-order valence-corrected chi connectivity index (χ2v) is 9.11. The first-order chi connectivity index (χ1) is 18.4. The highest BCUT2D eigenvalue weighted by Gasteiger charge is 2.19. The first kappa shape index (κ1) is 28.9. The maximum Gasteiger partial charge on any atom is 0.208 e. The zero-order valence-corrected chi connectivity index (χ0v) is 23.1. The van der Waals surface area contributed by atoms with Gasteiger partial charge < -0.3 is 30.9 Å². The molecule has 0 atom stereocenters. The average molecular weight is 519 g/mol. The molecule has 0 heterocycles. The third-order valence-electron chi connectivity index (χ3n) is 6.66. The van der Waals surface area contributed by atoms with Crippen LogP contribution in [0.4, 0.5) is 22.7 Å². The van der Waals surface area contributed by atoms with Crippen LogP contribution in [0.3, 0.4) is 0 Å². The number of aliphatic imine (C=N–C) groups is 1. The van der Waals surface area contributed by atoms with Gasteiger partial charge in [-0.1, -0.05) is 27.7 Å². The number of aliphatic hydroxyl groups excluding tert-OH is 1. The third kappa shape index (κ3) is 8.75. The van der Waals surface area contributed by atoms with Crippen molar-refractivity contribution in [2.24, 2.45) is 4.99 Å². The molecule has 0 radical (unpaired) electrons. The molecule has 8 heteroatoms. The highest BCUT2D eigenvalue weighted by atomic mass is 16.3. The Bertz CT molecular complexity index is 1110. The summed E-state index contributed by atoms with van der Waals surface area (Å²) in [7, 11) is 0. The monoisotopic (exact) mass is 518 g/mol. The number of benzene rings is 2. The average Bonchev–Trinajstić information content (AvgIpc) is 2.93. The van der Waals surface area contributed by atoms with E-state index in [4.69, 9.17) is 0 Å². The molecule has 0 aromatic heterocycles. The van der Waals surface area contributed by atoms with Gasteiger partial charge in [-0.25, -0.2) is 4.99 Å². The Labute approximate surface area is 227 Å². The van der Waals surface area contributed by atoms with Gasteiger partial charge in [-0.15, -0.1) is 0 Å². The predicted octanol–water partition coefficient (Wildman–Crippen LogP) is 5.29. The molecular weight excluding hydrogens is 476 g/mol. The minimum atomic E-state index is -0.331. The minimum Gasteiger partial charge on any atom is -0.506 e. The third-order valence-corrected chi connectivity index (χ3v) is 6.66. The smallest absolute Gasteiger partial charge is 0.208 e. The number of ketones is 1. The molecular formula is C30H42N6O2. The molecule has 0 aliphatic heterocycles. The molecule has 1 aliphatic carbocycles. The zero-order chi connectivity index (χ0) is 27.3. The van der Waals surface area contributed by atoms with Crippen molar-refractivity contribution in [1.29, 1.82) is 0 Å². The number of anilines is 3. The fourth-order valence-electron chi connectivity index (χ4n) is 4.16. The standard InChI is InChI=1S/C30H42N6O2/c1-5-35(6-2)19-17-31-23-9-13-25(14-10-23)33-27-21-28(30(38)22-29(27)37)34-26-15-11-24(12-16-26)32-18-20-36(7-3)8-4/h9-16,21-22,31-33,37H,5-8,17-20H2,1-4H3. The van der Waals surface area contributed by atoms with Gasteiger partial charge in [0.05, 0.1) is 11.4 Å². The van der Waals surface area contributed by atoms with Gasteiger partial charge in [0.1, 0.15) is 11.5 Å². The molecule has 0 saturated carbocycles. The van der Waals surface area contributed by atoms with Crippen LogP contribution in [0.1, 0.15) is 27.7 Å². The Morgan fingerprint density at radius 2 is 1.18 bits per heavy atom. The number of rotatable bonds is 15. The topological polar surface area (TPSA) is 92.2 Å². The fourth-order valence-corrected chi connectivity index (χ4v) is 4.16. The largest absolute Gasteiger partial charge is 0.506 e. The summed E-state index contributed by atoms with van der Waals surface area (Å²) in [6.45, 7) is 16.5. The first-order valence-corrected chi connectivity index (χ1v) is 13.6. The lowest BCUT2D eigenvalue weighted by Gasteiger charge is -2.18. The summed E-state index contributed by atoms with van der Waals surface area (Å²) in [4.78, 5) is 21.8. The van der Waals surface area contributed by atoms with Crippen molar-refractivity contribution in [3.05, 3.63) is 72.1 Å². The van der Waals surface area contributed by atoms with E-state index in [2.05, 4.69) is 58.4 Å². The van der Waals surface area contributed by atoms with Crippen molar-refractivity contribution in [2.45, 2.75) is 27.7 Å². The molecule has 0 fully saturated rings. The molecule has 0 unspecified atom stereocenters. The summed E-state index contributed by atoms with van der Waals surface area (Å²) in [5.74, 6) is -0.439. The Kier molecular flexibility index (Phi) is 11.4. The van der Waals surface area contributed by atoms with Crippen LogP contribution >= 0.6 is 0 Å². The fraction of sp³-hybridized carbons (Fsp3) is 0.400. The molecule has 2 aromatic carbocycles. The van der Waals surface area contributed by atoms with Crippen molar-refractivity contribution in [2.75, 3.05) is 68.3 Å². The molecule has 8 nitrogen and oxygen atoms in total. The van der Waals surface area contributed by atoms with Gasteiger partial charge in [0.25, 0.3) is 0 Å². The number of hydrogen-bond donors (Lipinski definition) is 4. The van der Waals surface area contributed by atoms with Gasteiger partial charge in [0.2, 0.25) is 5.78 Å². The highest BCUT2D eigenvalue weighted by molar-refractivity contribution is 6.49. The number of hydrogen-bond acceptors (Lipinski definition) is 8. The van der Waals surface area contributed by atoms with Gasteiger partial charge in [-0.3, -0.25) is 4.79 Å². The van der Waals surface area contributed by atoms with Gasteiger partial charge in [-0.05, 0) is 80.8 Å². The van der Waals surface area contributed by atoms with E-state index in [-0.39, 0.29) is 17.3 Å². The Morgan fingerprint density at radius 1 is 0.711 bits per heavy atom. The zero-order valence-electron chi connectivity index (χ0n) is 23.1. The van der Waals surface area contributed by atoms with Crippen LogP contribution in [-0.2, 0) is 4.79 Å². The van der Waals surface area contributed by atoms with Crippen LogP contribution in [0.2, 0.25) is 0 Å².